The van der Waals surface area contributed by atoms with E-state index in [0.717, 1.165) is 17.2 Å². The van der Waals surface area contributed by atoms with Gasteiger partial charge in [0.15, 0.2) is 12.0 Å². The van der Waals surface area contributed by atoms with Crippen LogP contribution in [0.2, 0.25) is 5.02 Å². The quantitative estimate of drug-likeness (QED) is 0.409. The molecule has 7 nitrogen and oxygen atoms in total. The van der Waals surface area contributed by atoms with Crippen LogP contribution in [0.1, 0.15) is 6.42 Å². The summed E-state index contributed by atoms with van der Waals surface area (Å²) in [4.78, 5) is 16.9. The van der Waals surface area contributed by atoms with E-state index >= 15 is 4.39 Å². The van der Waals surface area contributed by atoms with Gasteiger partial charge in [0.1, 0.15) is 17.0 Å². The molecule has 2 aromatic heterocycles. The summed E-state index contributed by atoms with van der Waals surface area (Å²) in [6, 6.07) is 11.2. The Morgan fingerprint density at radius 2 is 2.03 bits per heavy atom. The van der Waals surface area contributed by atoms with Gasteiger partial charge in [-0.1, -0.05) is 41.9 Å². The third-order valence-corrected chi connectivity index (χ3v) is 6.44. The van der Waals surface area contributed by atoms with E-state index < -0.39 is 5.82 Å². The van der Waals surface area contributed by atoms with Gasteiger partial charge in [0, 0.05) is 42.3 Å². The van der Waals surface area contributed by atoms with Crippen LogP contribution in [0.15, 0.2) is 42.6 Å². The molecular weight excluding hydrogens is 443 g/mol. The van der Waals surface area contributed by atoms with Crippen molar-refractivity contribution in [3.8, 4) is 23.5 Å². The number of hydrogen-bond donors (Lipinski definition) is 0. The van der Waals surface area contributed by atoms with E-state index in [4.69, 9.17) is 16.3 Å². The van der Waals surface area contributed by atoms with Crippen LogP contribution in [-0.2, 0) is 0 Å². The number of methoxy groups -OCH3 is 1. The average Bonchev–Trinajstić information content (AvgIpc) is 3.33. The molecular formula is C24H20ClFN6O. The van der Waals surface area contributed by atoms with Crippen LogP contribution in [0.3, 0.4) is 0 Å². The Morgan fingerprint density at radius 3 is 2.76 bits per heavy atom. The predicted octanol–water partition coefficient (Wildman–Crippen LogP) is 4.64. The van der Waals surface area contributed by atoms with Gasteiger partial charge in [-0.05, 0) is 17.9 Å². The lowest BCUT2D eigenvalue weighted by Gasteiger charge is -2.26. The third kappa shape index (κ3) is 3.55. The van der Waals surface area contributed by atoms with Crippen molar-refractivity contribution in [3.63, 3.8) is 0 Å². The zero-order chi connectivity index (χ0) is 23.1. The highest BCUT2D eigenvalue weighted by atomic mass is 35.5. The van der Waals surface area contributed by atoms with E-state index in [1.807, 2.05) is 36.2 Å². The molecule has 0 bridgehead atoms. The molecule has 1 unspecified atom stereocenters. The fourth-order valence-corrected chi connectivity index (χ4v) is 4.67. The summed E-state index contributed by atoms with van der Waals surface area (Å²) >= 11 is 6.46. The highest BCUT2D eigenvalue weighted by molar-refractivity contribution is 6.36. The first-order chi connectivity index (χ1) is 16.0. The number of likely N-dealkylation sites (tertiary alicyclic amines) is 1. The monoisotopic (exact) mass is 462 g/mol. The number of pyridine rings is 1. The van der Waals surface area contributed by atoms with Crippen molar-refractivity contribution in [2.75, 3.05) is 32.1 Å². The number of fused-ring (bicyclic) bond motifs is 2. The fraction of sp³-hybridized carbons (Fsp3) is 0.250. The van der Waals surface area contributed by atoms with Gasteiger partial charge in [-0.3, -0.25) is 4.98 Å². The van der Waals surface area contributed by atoms with Gasteiger partial charge >= 0.3 is 6.01 Å². The zero-order valence-corrected chi connectivity index (χ0v) is 18.8. The molecule has 2 aromatic carbocycles. The first-order valence-corrected chi connectivity index (χ1v) is 10.8. The van der Waals surface area contributed by atoms with Gasteiger partial charge in [-0.25, -0.2) is 4.39 Å². The Morgan fingerprint density at radius 1 is 1.24 bits per heavy atom. The van der Waals surface area contributed by atoms with Crippen LogP contribution in [0, 0.1) is 17.3 Å². The van der Waals surface area contributed by atoms with Crippen molar-refractivity contribution in [1.29, 1.82) is 5.26 Å². The summed E-state index contributed by atoms with van der Waals surface area (Å²) in [5.74, 6) is -0.0594. The number of anilines is 1. The predicted molar refractivity (Wildman–Crippen MR) is 126 cm³/mol. The second kappa shape index (κ2) is 8.34. The lowest BCUT2D eigenvalue weighted by Crippen LogP contribution is -2.34. The van der Waals surface area contributed by atoms with Crippen LogP contribution in [0.5, 0.6) is 6.01 Å². The first-order valence-electron chi connectivity index (χ1n) is 10.5. The SMILES string of the molecule is COc1nc(N(C)C2CCN(C#N)C2)c2cnc(-c3cccc4cccc(Cl)c34)c(F)c2n1. The zero-order valence-electron chi connectivity index (χ0n) is 18.1. The molecule has 4 aromatic rings. The standard InChI is InChI=1S/C24H20ClFN6O/c1-31(15-9-10-32(12-15)13-27)23-17-11-28-21(20(26)22(17)29-24(30-23)33-2)16-7-3-5-14-6-4-8-18(25)19(14)16/h3-8,11,15H,9-10,12H2,1-2H3. The lowest BCUT2D eigenvalue weighted by atomic mass is 10.0. The molecule has 0 amide bonds. The van der Waals surface area contributed by atoms with Crippen LogP contribution in [0.4, 0.5) is 10.2 Å². The molecule has 1 aliphatic heterocycles. The fourth-order valence-electron chi connectivity index (χ4n) is 4.38. The summed E-state index contributed by atoms with van der Waals surface area (Å²) in [5, 5.41) is 11.8. The van der Waals surface area contributed by atoms with Gasteiger partial charge in [-0.15, -0.1) is 0 Å². The molecule has 166 valence electrons. The largest absolute Gasteiger partial charge is 0.467 e. The number of hydrogen-bond acceptors (Lipinski definition) is 7. The summed E-state index contributed by atoms with van der Waals surface area (Å²) in [5.41, 5.74) is 0.866. The Hall–Kier alpha value is -3.70. The Bertz CT molecular complexity index is 1420. The normalized spacial score (nSPS) is 15.7. The highest BCUT2D eigenvalue weighted by Crippen LogP contribution is 2.37. The molecule has 0 saturated carbocycles. The lowest BCUT2D eigenvalue weighted by molar-refractivity contribution is 0.381. The molecule has 0 radical (unpaired) electrons. The average molecular weight is 463 g/mol. The molecule has 1 saturated heterocycles. The van der Waals surface area contributed by atoms with Gasteiger partial charge in [0.2, 0.25) is 0 Å². The number of likely N-dealkylation sites (N-methyl/N-ethyl adjacent to an activating group) is 1. The van der Waals surface area contributed by atoms with Crippen LogP contribution in [-0.4, -0.2) is 53.1 Å². The first kappa shape index (κ1) is 21.2. The number of aromatic nitrogens is 3. The van der Waals surface area contributed by atoms with Gasteiger partial charge in [0.25, 0.3) is 0 Å². The number of benzene rings is 2. The molecule has 33 heavy (non-hydrogen) atoms. The van der Waals surface area contributed by atoms with E-state index in [2.05, 4.69) is 21.1 Å². The second-order valence-electron chi connectivity index (χ2n) is 7.96. The number of rotatable bonds is 4. The van der Waals surface area contributed by atoms with E-state index in [-0.39, 0.29) is 23.3 Å². The molecule has 9 heteroatoms. The number of ether oxygens (including phenoxy) is 1. The molecule has 0 spiro atoms. The van der Waals surface area contributed by atoms with Crippen molar-refractivity contribution in [2.45, 2.75) is 12.5 Å². The van der Waals surface area contributed by atoms with Crippen molar-refractivity contribution in [2.24, 2.45) is 0 Å². The summed E-state index contributed by atoms with van der Waals surface area (Å²) in [6.07, 6.45) is 4.56. The topological polar surface area (TPSA) is 78.2 Å². The number of nitriles is 1. The van der Waals surface area contributed by atoms with Crippen LogP contribution < -0.4 is 9.64 Å². The Kier molecular flexibility index (Phi) is 5.35. The van der Waals surface area contributed by atoms with Crippen LogP contribution in [0.25, 0.3) is 32.9 Å². The molecule has 0 aliphatic carbocycles. The molecule has 1 aliphatic rings. The van der Waals surface area contributed by atoms with E-state index in [1.54, 1.807) is 23.2 Å². The molecule has 3 heterocycles. The molecule has 1 fully saturated rings. The minimum absolute atomic E-state index is 0.0482. The highest BCUT2D eigenvalue weighted by Gasteiger charge is 2.28. The maximum absolute atomic E-state index is 15.9. The summed E-state index contributed by atoms with van der Waals surface area (Å²) < 4.78 is 21.2. The number of halogens is 2. The van der Waals surface area contributed by atoms with Crippen molar-refractivity contribution >= 4 is 39.1 Å². The van der Waals surface area contributed by atoms with Gasteiger partial charge in [-0.2, -0.15) is 15.2 Å². The molecule has 0 N–H and O–H groups in total. The summed E-state index contributed by atoms with van der Waals surface area (Å²) in [7, 11) is 3.32. The number of nitrogens with zero attached hydrogens (tertiary/aromatic N) is 6. The molecule has 5 rings (SSSR count). The van der Waals surface area contributed by atoms with Gasteiger partial charge in [0.05, 0.1) is 18.5 Å². The van der Waals surface area contributed by atoms with Crippen molar-refractivity contribution < 1.29 is 9.13 Å². The second-order valence-corrected chi connectivity index (χ2v) is 8.37. The van der Waals surface area contributed by atoms with E-state index in [0.29, 0.717) is 34.9 Å². The van der Waals surface area contributed by atoms with Gasteiger partial charge < -0.3 is 14.5 Å². The Balaban J connectivity index is 1.69. The maximum Gasteiger partial charge on any atom is 0.318 e. The Labute approximate surface area is 195 Å². The van der Waals surface area contributed by atoms with Crippen LogP contribution >= 0.6 is 11.6 Å². The van der Waals surface area contributed by atoms with Crippen molar-refractivity contribution in [1.82, 2.24) is 19.9 Å². The smallest absolute Gasteiger partial charge is 0.318 e. The third-order valence-electron chi connectivity index (χ3n) is 6.12. The summed E-state index contributed by atoms with van der Waals surface area (Å²) in [6.45, 7) is 1.24. The van der Waals surface area contributed by atoms with E-state index in [1.165, 1.54) is 7.11 Å². The minimum atomic E-state index is -0.569. The van der Waals surface area contributed by atoms with E-state index in [9.17, 15) is 5.26 Å². The molecule has 1 atom stereocenters. The minimum Gasteiger partial charge on any atom is -0.467 e. The maximum atomic E-state index is 15.9. The van der Waals surface area contributed by atoms with Crippen molar-refractivity contribution in [3.05, 3.63) is 53.4 Å².